The molecule has 1 rings (SSSR count). The Labute approximate surface area is 85.5 Å². The molecule has 4 heteroatoms. The van der Waals surface area contributed by atoms with Crippen LogP contribution in [0.1, 0.15) is 39.6 Å². The van der Waals surface area contributed by atoms with E-state index in [1.165, 1.54) is 0 Å². The summed E-state index contributed by atoms with van der Waals surface area (Å²) in [6.45, 7) is 8.49. The maximum Gasteiger partial charge on any atom is 0.134 e. The SMILES string of the molecule is CC(C)C(N)Cc1nncn1C(C)C. The molecule has 0 saturated heterocycles. The zero-order valence-corrected chi connectivity index (χ0v) is 9.44. The van der Waals surface area contributed by atoms with E-state index in [1.54, 1.807) is 6.33 Å². The summed E-state index contributed by atoms with van der Waals surface area (Å²) in [5, 5.41) is 8.01. The molecule has 0 aliphatic rings. The lowest BCUT2D eigenvalue weighted by Crippen LogP contribution is -2.30. The highest BCUT2D eigenvalue weighted by atomic mass is 15.3. The third-order valence-electron chi connectivity index (χ3n) is 2.48. The van der Waals surface area contributed by atoms with Crippen molar-refractivity contribution in [1.29, 1.82) is 0 Å². The van der Waals surface area contributed by atoms with Crippen LogP contribution >= 0.6 is 0 Å². The van der Waals surface area contributed by atoms with Gasteiger partial charge in [-0.1, -0.05) is 13.8 Å². The molecule has 4 nitrogen and oxygen atoms in total. The maximum atomic E-state index is 6.00. The number of hydrogen-bond donors (Lipinski definition) is 1. The van der Waals surface area contributed by atoms with E-state index >= 15 is 0 Å². The first-order valence-corrected chi connectivity index (χ1v) is 5.16. The van der Waals surface area contributed by atoms with Gasteiger partial charge in [0, 0.05) is 18.5 Å². The predicted molar refractivity (Wildman–Crippen MR) is 56.9 cm³/mol. The van der Waals surface area contributed by atoms with Gasteiger partial charge < -0.3 is 10.3 Å². The molecule has 1 heterocycles. The number of nitrogens with two attached hydrogens (primary N) is 1. The summed E-state index contributed by atoms with van der Waals surface area (Å²) in [5.41, 5.74) is 6.00. The minimum absolute atomic E-state index is 0.164. The highest BCUT2D eigenvalue weighted by Gasteiger charge is 2.14. The van der Waals surface area contributed by atoms with Gasteiger partial charge in [-0.05, 0) is 19.8 Å². The third-order valence-corrected chi connectivity index (χ3v) is 2.48. The molecule has 0 radical (unpaired) electrons. The summed E-state index contributed by atoms with van der Waals surface area (Å²) < 4.78 is 2.07. The van der Waals surface area contributed by atoms with Gasteiger partial charge in [0.25, 0.3) is 0 Å². The topological polar surface area (TPSA) is 56.7 Å². The molecule has 2 N–H and O–H groups in total. The Morgan fingerprint density at radius 2 is 2.00 bits per heavy atom. The average molecular weight is 196 g/mol. The molecule has 0 spiro atoms. The monoisotopic (exact) mass is 196 g/mol. The van der Waals surface area contributed by atoms with Crippen molar-refractivity contribution >= 4 is 0 Å². The van der Waals surface area contributed by atoms with Crippen LogP contribution in [-0.2, 0) is 6.42 Å². The Hall–Kier alpha value is -0.900. The van der Waals surface area contributed by atoms with E-state index < -0.39 is 0 Å². The Kier molecular flexibility index (Phi) is 3.63. The van der Waals surface area contributed by atoms with Crippen molar-refractivity contribution in [2.75, 3.05) is 0 Å². The average Bonchev–Trinajstić information content (AvgIpc) is 2.52. The minimum atomic E-state index is 0.164. The first kappa shape index (κ1) is 11.2. The Bertz CT molecular complexity index is 277. The van der Waals surface area contributed by atoms with Gasteiger partial charge in [-0.3, -0.25) is 0 Å². The van der Waals surface area contributed by atoms with E-state index in [2.05, 4.69) is 42.5 Å². The lowest BCUT2D eigenvalue weighted by atomic mass is 10.0. The van der Waals surface area contributed by atoms with Crippen LogP contribution in [0, 0.1) is 5.92 Å². The summed E-state index contributed by atoms with van der Waals surface area (Å²) in [5.74, 6) is 1.47. The first-order chi connectivity index (χ1) is 6.52. The Balaban J connectivity index is 2.71. The molecule has 1 aromatic heterocycles. The second kappa shape index (κ2) is 4.55. The molecular formula is C10H20N4. The largest absolute Gasteiger partial charge is 0.327 e. The van der Waals surface area contributed by atoms with E-state index in [9.17, 15) is 0 Å². The highest BCUT2D eigenvalue weighted by Crippen LogP contribution is 2.10. The van der Waals surface area contributed by atoms with Gasteiger partial charge in [-0.15, -0.1) is 10.2 Å². The fourth-order valence-electron chi connectivity index (χ4n) is 1.29. The first-order valence-electron chi connectivity index (χ1n) is 5.16. The lowest BCUT2D eigenvalue weighted by Gasteiger charge is -2.16. The van der Waals surface area contributed by atoms with Gasteiger partial charge in [0.15, 0.2) is 0 Å². The third kappa shape index (κ3) is 2.54. The molecule has 14 heavy (non-hydrogen) atoms. The Morgan fingerprint density at radius 1 is 1.36 bits per heavy atom. The van der Waals surface area contributed by atoms with Crippen molar-refractivity contribution in [3.05, 3.63) is 12.2 Å². The number of hydrogen-bond acceptors (Lipinski definition) is 3. The van der Waals surface area contributed by atoms with Crippen molar-refractivity contribution < 1.29 is 0 Å². The number of rotatable bonds is 4. The summed E-state index contributed by atoms with van der Waals surface area (Å²) in [7, 11) is 0. The zero-order valence-electron chi connectivity index (χ0n) is 9.44. The van der Waals surface area contributed by atoms with Gasteiger partial charge in [0.2, 0.25) is 0 Å². The molecule has 80 valence electrons. The van der Waals surface area contributed by atoms with Crippen molar-refractivity contribution in [3.8, 4) is 0 Å². The van der Waals surface area contributed by atoms with Crippen molar-refractivity contribution in [3.63, 3.8) is 0 Å². The van der Waals surface area contributed by atoms with Crippen LogP contribution in [0.2, 0.25) is 0 Å². The highest BCUT2D eigenvalue weighted by molar-refractivity contribution is 4.92. The van der Waals surface area contributed by atoms with Gasteiger partial charge in [0.1, 0.15) is 12.2 Å². The molecule has 0 fully saturated rings. The fraction of sp³-hybridized carbons (Fsp3) is 0.800. The summed E-state index contributed by atoms with van der Waals surface area (Å²) >= 11 is 0. The predicted octanol–water partition coefficient (Wildman–Crippen LogP) is 1.38. The second-order valence-corrected chi connectivity index (χ2v) is 4.36. The summed E-state index contributed by atoms with van der Waals surface area (Å²) in [6.07, 6.45) is 2.57. The van der Waals surface area contributed by atoms with Gasteiger partial charge in [0.05, 0.1) is 0 Å². The van der Waals surface area contributed by atoms with Gasteiger partial charge >= 0.3 is 0 Å². The van der Waals surface area contributed by atoms with Crippen molar-refractivity contribution in [1.82, 2.24) is 14.8 Å². The van der Waals surface area contributed by atoms with E-state index in [0.717, 1.165) is 12.2 Å². The molecule has 0 bridgehead atoms. The van der Waals surface area contributed by atoms with Crippen LogP contribution in [0.4, 0.5) is 0 Å². The molecule has 1 unspecified atom stereocenters. The van der Waals surface area contributed by atoms with Crippen LogP contribution in [0.15, 0.2) is 6.33 Å². The molecule has 0 amide bonds. The van der Waals surface area contributed by atoms with Crippen LogP contribution < -0.4 is 5.73 Å². The smallest absolute Gasteiger partial charge is 0.134 e. The molecule has 1 atom stereocenters. The van der Waals surface area contributed by atoms with Crippen LogP contribution in [0.3, 0.4) is 0 Å². The van der Waals surface area contributed by atoms with Crippen LogP contribution in [-0.4, -0.2) is 20.8 Å². The summed E-state index contributed by atoms with van der Waals surface area (Å²) in [4.78, 5) is 0. The molecule has 0 aromatic carbocycles. The molecule has 0 aliphatic carbocycles. The zero-order chi connectivity index (χ0) is 10.7. The van der Waals surface area contributed by atoms with Crippen LogP contribution in [0.25, 0.3) is 0 Å². The quantitative estimate of drug-likeness (QED) is 0.791. The molecule has 1 aromatic rings. The standard InChI is InChI=1S/C10H20N4/c1-7(2)9(11)5-10-13-12-6-14(10)8(3)4/h6-9H,5,11H2,1-4H3. The summed E-state index contributed by atoms with van der Waals surface area (Å²) in [6, 6.07) is 0.566. The number of nitrogens with zero attached hydrogens (tertiary/aromatic N) is 3. The Morgan fingerprint density at radius 3 is 2.50 bits per heavy atom. The fourth-order valence-corrected chi connectivity index (χ4v) is 1.29. The normalized spacial score (nSPS) is 13.9. The van der Waals surface area contributed by atoms with Crippen molar-refractivity contribution in [2.24, 2.45) is 11.7 Å². The van der Waals surface area contributed by atoms with Gasteiger partial charge in [-0.25, -0.2) is 0 Å². The van der Waals surface area contributed by atoms with E-state index in [4.69, 9.17) is 5.73 Å². The van der Waals surface area contributed by atoms with E-state index in [0.29, 0.717) is 12.0 Å². The van der Waals surface area contributed by atoms with Crippen LogP contribution in [0.5, 0.6) is 0 Å². The molecular weight excluding hydrogens is 176 g/mol. The maximum absolute atomic E-state index is 6.00. The molecule has 0 saturated carbocycles. The lowest BCUT2D eigenvalue weighted by molar-refractivity contribution is 0.461. The van der Waals surface area contributed by atoms with Crippen molar-refractivity contribution in [2.45, 2.75) is 46.2 Å². The van der Waals surface area contributed by atoms with E-state index in [1.807, 2.05) is 0 Å². The minimum Gasteiger partial charge on any atom is -0.327 e. The van der Waals surface area contributed by atoms with Gasteiger partial charge in [-0.2, -0.15) is 0 Å². The number of aromatic nitrogens is 3. The molecule has 0 aliphatic heterocycles. The second-order valence-electron chi connectivity index (χ2n) is 4.36. The van der Waals surface area contributed by atoms with E-state index in [-0.39, 0.29) is 6.04 Å².